The first-order valence-electron chi connectivity index (χ1n) is 3.57. The second-order valence-electron chi connectivity index (χ2n) is 2.56. The fourth-order valence-electron chi connectivity index (χ4n) is 0.616. The van der Waals surface area contributed by atoms with E-state index in [9.17, 15) is 24.3 Å². The lowest BCUT2D eigenvalue weighted by Gasteiger charge is -2.31. The van der Waals surface area contributed by atoms with E-state index in [1.807, 2.05) is 0 Å². The summed E-state index contributed by atoms with van der Waals surface area (Å²) in [7, 11) is -5.33. The SMILES string of the molecule is O=C([O-])[C@@H](O)[C@H](O)[C@H](O)COP(=O)([O-])[O-]. The normalized spacial score (nSPS) is 18.2. The Morgan fingerprint density at radius 1 is 1.33 bits per heavy atom. The number of aliphatic hydroxyl groups is 3. The van der Waals surface area contributed by atoms with Gasteiger partial charge in [0.05, 0.1) is 20.4 Å². The molecular weight excluding hydrogens is 235 g/mol. The van der Waals surface area contributed by atoms with Crippen molar-refractivity contribution in [3.8, 4) is 0 Å². The zero-order valence-electron chi connectivity index (χ0n) is 7.18. The van der Waals surface area contributed by atoms with Crippen LogP contribution in [0.15, 0.2) is 0 Å². The summed E-state index contributed by atoms with van der Waals surface area (Å²) in [6.07, 6.45) is -6.68. The topological polar surface area (TPSA) is 173 Å². The number of rotatable bonds is 6. The van der Waals surface area contributed by atoms with Crippen LogP contribution in [-0.4, -0.2) is 46.2 Å². The maximum Gasteiger partial charge on any atom is 0.122 e. The van der Waals surface area contributed by atoms with Crippen LogP contribution in [0.2, 0.25) is 0 Å². The third-order valence-corrected chi connectivity index (χ3v) is 1.83. The predicted octanol–water partition coefficient (Wildman–Crippen LogP) is -5.34. The van der Waals surface area contributed by atoms with Gasteiger partial charge in [-0.15, -0.1) is 0 Å². The lowest BCUT2D eigenvalue weighted by atomic mass is 10.1. The molecule has 0 aliphatic carbocycles. The van der Waals surface area contributed by atoms with Gasteiger partial charge in [-0.1, -0.05) is 0 Å². The summed E-state index contributed by atoms with van der Waals surface area (Å²) >= 11 is 0. The molecule has 90 valence electrons. The first-order valence-corrected chi connectivity index (χ1v) is 5.03. The fraction of sp³-hybridized carbons (Fsp3) is 0.800. The molecule has 0 spiro atoms. The lowest BCUT2D eigenvalue weighted by Crippen LogP contribution is -2.49. The summed E-state index contributed by atoms with van der Waals surface area (Å²) in [5.74, 6) is -2.06. The van der Waals surface area contributed by atoms with Gasteiger partial charge in [0.15, 0.2) is 0 Å². The summed E-state index contributed by atoms with van der Waals surface area (Å²) < 4.78 is 13.5. The van der Waals surface area contributed by atoms with Crippen molar-refractivity contribution in [1.29, 1.82) is 0 Å². The third-order valence-electron chi connectivity index (χ3n) is 1.36. The molecule has 0 aromatic carbocycles. The average molecular weight is 243 g/mol. The van der Waals surface area contributed by atoms with Gasteiger partial charge in [-0.3, -0.25) is 0 Å². The third kappa shape index (κ3) is 5.80. The highest BCUT2D eigenvalue weighted by atomic mass is 31.2. The van der Waals surface area contributed by atoms with Crippen LogP contribution in [0.3, 0.4) is 0 Å². The van der Waals surface area contributed by atoms with Crippen molar-refractivity contribution >= 4 is 13.8 Å². The Morgan fingerprint density at radius 2 is 1.80 bits per heavy atom. The monoisotopic (exact) mass is 243 g/mol. The van der Waals surface area contributed by atoms with E-state index in [4.69, 9.17) is 15.3 Å². The summed E-state index contributed by atoms with van der Waals surface area (Å²) in [4.78, 5) is 29.9. The number of carbonyl (C=O) groups is 1. The Kier molecular flexibility index (Phi) is 5.32. The largest absolute Gasteiger partial charge is 0.790 e. The Labute approximate surface area is 83.8 Å². The number of aliphatic hydroxyl groups excluding tert-OH is 3. The molecule has 9 nitrogen and oxygen atoms in total. The molecule has 0 fully saturated rings. The molecule has 3 atom stereocenters. The molecule has 0 saturated heterocycles. The summed E-state index contributed by atoms with van der Waals surface area (Å²) in [5, 5.41) is 36.4. The number of hydrogen-bond acceptors (Lipinski definition) is 9. The Hall–Kier alpha value is -0.540. The summed E-state index contributed by atoms with van der Waals surface area (Å²) in [5.41, 5.74) is 0. The van der Waals surface area contributed by atoms with Crippen molar-refractivity contribution in [3.05, 3.63) is 0 Å². The molecule has 10 heteroatoms. The van der Waals surface area contributed by atoms with Gasteiger partial charge >= 0.3 is 0 Å². The molecule has 0 aliphatic rings. The molecule has 0 bridgehead atoms. The van der Waals surface area contributed by atoms with Crippen LogP contribution >= 0.6 is 7.82 Å². The molecule has 0 aromatic rings. The van der Waals surface area contributed by atoms with Crippen molar-refractivity contribution in [2.24, 2.45) is 0 Å². The van der Waals surface area contributed by atoms with E-state index in [1.165, 1.54) is 0 Å². The van der Waals surface area contributed by atoms with Gasteiger partial charge in [0, 0.05) is 0 Å². The summed E-state index contributed by atoms with van der Waals surface area (Å²) in [6.45, 7) is -1.16. The number of carboxylic acid groups (broad SMARTS) is 1. The number of phosphoric ester groups is 1. The van der Waals surface area contributed by atoms with Gasteiger partial charge in [-0.05, 0) is 0 Å². The minimum atomic E-state index is -5.33. The fourth-order valence-corrected chi connectivity index (χ4v) is 0.951. The standard InChI is InChI=1S/C5H11O9P/c6-2(1-14-15(11,12)13)3(7)4(8)5(9)10/h2-4,6-8H,1H2,(H,9,10)(H2,11,12,13)/p-3/t2-,3-,4+/m1/s1. The molecule has 0 unspecified atom stereocenters. The Balaban J connectivity index is 4.16. The maximum atomic E-state index is 10.00. The quantitative estimate of drug-likeness (QED) is 0.384. The highest BCUT2D eigenvalue weighted by Crippen LogP contribution is 2.24. The first-order chi connectivity index (χ1) is 6.65. The summed E-state index contributed by atoms with van der Waals surface area (Å²) in [6, 6.07) is 0. The molecule has 0 rings (SSSR count). The second-order valence-corrected chi connectivity index (χ2v) is 3.72. The molecule has 0 saturated carbocycles. The first kappa shape index (κ1) is 14.5. The maximum absolute atomic E-state index is 10.00. The lowest BCUT2D eigenvalue weighted by molar-refractivity contribution is -0.343. The van der Waals surface area contributed by atoms with E-state index >= 15 is 0 Å². The van der Waals surface area contributed by atoms with E-state index in [1.54, 1.807) is 0 Å². The highest BCUT2D eigenvalue weighted by Gasteiger charge is 2.25. The van der Waals surface area contributed by atoms with Gasteiger partial charge in [-0.2, -0.15) is 0 Å². The Bertz CT molecular complexity index is 259. The van der Waals surface area contributed by atoms with Crippen LogP contribution in [-0.2, 0) is 13.9 Å². The van der Waals surface area contributed by atoms with Crippen LogP contribution in [0, 0.1) is 0 Å². The zero-order valence-corrected chi connectivity index (χ0v) is 8.07. The van der Waals surface area contributed by atoms with Gasteiger partial charge in [0.25, 0.3) is 0 Å². The molecule has 0 heterocycles. The smallest absolute Gasteiger partial charge is 0.122 e. The van der Waals surface area contributed by atoms with E-state index < -0.39 is 38.7 Å². The van der Waals surface area contributed by atoms with E-state index in [0.29, 0.717) is 0 Å². The number of carbonyl (C=O) groups excluding carboxylic acids is 1. The van der Waals surface area contributed by atoms with Crippen LogP contribution in [0.1, 0.15) is 0 Å². The van der Waals surface area contributed by atoms with Crippen molar-refractivity contribution < 1.29 is 44.1 Å². The predicted molar refractivity (Wildman–Crippen MR) is 36.6 cm³/mol. The molecule has 0 aromatic heterocycles. The highest BCUT2D eigenvalue weighted by molar-refractivity contribution is 7.43. The van der Waals surface area contributed by atoms with Crippen molar-refractivity contribution in [2.75, 3.05) is 6.61 Å². The number of aliphatic carboxylic acids is 1. The second kappa shape index (κ2) is 5.52. The van der Waals surface area contributed by atoms with Crippen LogP contribution in [0.4, 0.5) is 0 Å². The van der Waals surface area contributed by atoms with Gasteiger partial charge in [0.1, 0.15) is 18.3 Å². The molecule has 0 amide bonds. The van der Waals surface area contributed by atoms with Crippen molar-refractivity contribution in [2.45, 2.75) is 18.3 Å². The van der Waals surface area contributed by atoms with Crippen molar-refractivity contribution in [3.63, 3.8) is 0 Å². The molecular formula is C5H8O9P-3. The van der Waals surface area contributed by atoms with Gasteiger partial charge in [-0.25, -0.2) is 0 Å². The molecule has 15 heavy (non-hydrogen) atoms. The van der Waals surface area contributed by atoms with E-state index in [0.717, 1.165) is 0 Å². The van der Waals surface area contributed by atoms with Crippen molar-refractivity contribution in [1.82, 2.24) is 0 Å². The minimum absolute atomic E-state index is 1.16. The number of carboxylic acids is 1. The zero-order chi connectivity index (χ0) is 12.2. The number of phosphoric acid groups is 1. The van der Waals surface area contributed by atoms with E-state index in [-0.39, 0.29) is 0 Å². The molecule has 3 N–H and O–H groups in total. The van der Waals surface area contributed by atoms with Crippen LogP contribution < -0.4 is 14.9 Å². The van der Waals surface area contributed by atoms with Crippen LogP contribution in [0.25, 0.3) is 0 Å². The van der Waals surface area contributed by atoms with E-state index in [2.05, 4.69) is 4.52 Å². The molecule has 0 aliphatic heterocycles. The van der Waals surface area contributed by atoms with Crippen LogP contribution in [0.5, 0.6) is 0 Å². The Morgan fingerprint density at radius 3 is 2.13 bits per heavy atom. The molecule has 0 radical (unpaired) electrons. The average Bonchev–Trinajstić information content (AvgIpc) is 2.10. The van der Waals surface area contributed by atoms with Gasteiger partial charge in [0.2, 0.25) is 0 Å². The number of hydrogen-bond donors (Lipinski definition) is 3. The minimum Gasteiger partial charge on any atom is -0.790 e. The van der Waals surface area contributed by atoms with Gasteiger partial charge < -0.3 is 44.1 Å².